The van der Waals surface area contributed by atoms with Gasteiger partial charge in [-0.15, -0.1) is 0 Å². The Labute approximate surface area is 187 Å². The quantitative estimate of drug-likeness (QED) is 0.513. The van der Waals surface area contributed by atoms with Gasteiger partial charge in [-0.2, -0.15) is 0 Å². The number of hydrogen-bond donors (Lipinski definition) is 2. The van der Waals surface area contributed by atoms with Crippen molar-refractivity contribution in [2.75, 3.05) is 11.9 Å². The van der Waals surface area contributed by atoms with Crippen LogP contribution in [0, 0.1) is 11.7 Å². The third kappa shape index (κ3) is 5.52. The van der Waals surface area contributed by atoms with Gasteiger partial charge in [0, 0.05) is 24.6 Å². The van der Waals surface area contributed by atoms with Gasteiger partial charge in [-0.25, -0.2) is 9.37 Å². The number of anilines is 1. The van der Waals surface area contributed by atoms with Gasteiger partial charge in [-0.05, 0) is 55.7 Å². The topological polar surface area (TPSA) is 76.0 Å². The van der Waals surface area contributed by atoms with Crippen molar-refractivity contribution in [2.45, 2.75) is 51.5 Å². The third-order valence-corrected chi connectivity index (χ3v) is 6.02. The van der Waals surface area contributed by atoms with Gasteiger partial charge in [0.05, 0.1) is 11.0 Å². The average molecular weight is 437 g/mol. The van der Waals surface area contributed by atoms with E-state index in [1.807, 2.05) is 28.8 Å². The van der Waals surface area contributed by atoms with Crippen molar-refractivity contribution < 1.29 is 14.0 Å². The highest BCUT2D eigenvalue weighted by molar-refractivity contribution is 5.91. The first-order chi connectivity index (χ1) is 15.6. The number of nitrogens with one attached hydrogen (secondary N) is 2. The minimum absolute atomic E-state index is 0.113. The van der Waals surface area contributed by atoms with E-state index in [9.17, 15) is 14.0 Å². The van der Waals surface area contributed by atoms with Crippen LogP contribution in [0.15, 0.2) is 48.5 Å². The molecule has 1 aliphatic rings. The van der Waals surface area contributed by atoms with Gasteiger partial charge < -0.3 is 15.2 Å². The average Bonchev–Trinajstić information content (AvgIpc) is 3.16. The Morgan fingerprint density at radius 1 is 1.03 bits per heavy atom. The number of fused-ring (bicyclic) bond motifs is 1. The van der Waals surface area contributed by atoms with Crippen molar-refractivity contribution in [3.05, 3.63) is 60.2 Å². The van der Waals surface area contributed by atoms with Crippen molar-refractivity contribution in [1.29, 1.82) is 0 Å². The first-order valence-corrected chi connectivity index (χ1v) is 11.4. The Morgan fingerprint density at radius 2 is 1.78 bits per heavy atom. The zero-order valence-electron chi connectivity index (χ0n) is 18.1. The zero-order chi connectivity index (χ0) is 22.3. The molecule has 1 aliphatic carbocycles. The van der Waals surface area contributed by atoms with Crippen LogP contribution in [0.4, 0.5) is 10.1 Å². The summed E-state index contributed by atoms with van der Waals surface area (Å²) in [5.41, 5.74) is 2.28. The maximum Gasteiger partial charge on any atom is 0.244 e. The second-order valence-corrected chi connectivity index (χ2v) is 8.39. The molecule has 2 amide bonds. The molecule has 2 aromatic carbocycles. The SMILES string of the molecule is O=C(Cn1c(CCCNC(=O)C2CCCCC2)nc2ccccc21)Nc1ccc(F)cc1. The van der Waals surface area contributed by atoms with Crippen LogP contribution in [-0.2, 0) is 22.6 Å². The van der Waals surface area contributed by atoms with Crippen LogP contribution < -0.4 is 10.6 Å². The molecule has 0 bridgehead atoms. The summed E-state index contributed by atoms with van der Waals surface area (Å²) < 4.78 is 15.0. The molecule has 0 atom stereocenters. The number of carbonyl (C=O) groups excluding carboxylic acids is 2. The predicted octanol–water partition coefficient (Wildman–Crippen LogP) is 4.44. The highest BCUT2D eigenvalue weighted by atomic mass is 19.1. The third-order valence-electron chi connectivity index (χ3n) is 6.02. The van der Waals surface area contributed by atoms with E-state index in [-0.39, 0.29) is 30.1 Å². The lowest BCUT2D eigenvalue weighted by Crippen LogP contribution is -2.32. The standard InChI is InChI=1S/C25H29FN4O2/c26-19-12-14-20(15-13-19)28-24(31)17-30-22-10-5-4-9-21(22)29-23(30)11-6-16-27-25(32)18-7-2-1-3-8-18/h4-5,9-10,12-15,18H,1-3,6-8,11,16-17H2,(H,27,32)(H,28,31). The van der Waals surface area contributed by atoms with Gasteiger partial charge in [0.1, 0.15) is 18.2 Å². The number of aryl methyl sites for hydroxylation is 1. The van der Waals surface area contributed by atoms with Gasteiger partial charge in [-0.1, -0.05) is 31.4 Å². The predicted molar refractivity (Wildman–Crippen MR) is 123 cm³/mol. The number of carbonyl (C=O) groups is 2. The Bertz CT molecular complexity index is 1070. The second-order valence-electron chi connectivity index (χ2n) is 8.39. The molecule has 1 aromatic heterocycles. The molecule has 168 valence electrons. The minimum Gasteiger partial charge on any atom is -0.356 e. The lowest BCUT2D eigenvalue weighted by Gasteiger charge is -2.20. The molecule has 0 radical (unpaired) electrons. The van der Waals surface area contributed by atoms with Crippen molar-refractivity contribution in [2.24, 2.45) is 5.92 Å². The van der Waals surface area contributed by atoms with E-state index in [2.05, 4.69) is 10.6 Å². The molecular formula is C25H29FN4O2. The number of rotatable bonds is 8. The van der Waals surface area contributed by atoms with Gasteiger partial charge in [0.2, 0.25) is 11.8 Å². The molecule has 6 nitrogen and oxygen atoms in total. The lowest BCUT2D eigenvalue weighted by atomic mass is 9.89. The summed E-state index contributed by atoms with van der Waals surface area (Å²) in [5, 5.41) is 5.87. The maximum absolute atomic E-state index is 13.1. The summed E-state index contributed by atoms with van der Waals surface area (Å²) in [7, 11) is 0. The van der Waals surface area contributed by atoms with Crippen molar-refractivity contribution in [1.82, 2.24) is 14.9 Å². The number of para-hydroxylation sites is 2. The molecule has 0 spiro atoms. The van der Waals surface area contributed by atoms with Gasteiger partial charge in [0.25, 0.3) is 0 Å². The van der Waals surface area contributed by atoms with E-state index in [1.165, 1.54) is 30.7 Å². The molecule has 0 saturated heterocycles. The summed E-state index contributed by atoms with van der Waals surface area (Å²) >= 11 is 0. The first kappa shape index (κ1) is 22.0. The van der Waals surface area contributed by atoms with E-state index < -0.39 is 0 Å². The molecule has 1 saturated carbocycles. The number of halogens is 1. The summed E-state index contributed by atoms with van der Waals surface area (Å²) in [6.45, 7) is 0.710. The minimum atomic E-state index is -0.346. The van der Waals surface area contributed by atoms with Crippen LogP contribution in [-0.4, -0.2) is 27.9 Å². The molecule has 3 aromatic rings. The number of benzene rings is 2. The Balaban J connectivity index is 1.38. The van der Waals surface area contributed by atoms with E-state index >= 15 is 0 Å². The number of amides is 2. The first-order valence-electron chi connectivity index (χ1n) is 11.4. The van der Waals surface area contributed by atoms with Crippen molar-refractivity contribution in [3.63, 3.8) is 0 Å². The smallest absolute Gasteiger partial charge is 0.244 e. The maximum atomic E-state index is 13.1. The van der Waals surface area contributed by atoms with Crippen LogP contribution in [0.3, 0.4) is 0 Å². The van der Waals surface area contributed by atoms with Gasteiger partial charge in [0.15, 0.2) is 0 Å². The second kappa shape index (κ2) is 10.4. The zero-order valence-corrected chi connectivity index (χ0v) is 18.1. The molecule has 7 heteroatoms. The summed E-state index contributed by atoms with van der Waals surface area (Å²) in [6, 6.07) is 13.4. The normalized spacial score (nSPS) is 14.4. The molecule has 1 heterocycles. The Morgan fingerprint density at radius 3 is 2.56 bits per heavy atom. The molecule has 4 rings (SSSR count). The van der Waals surface area contributed by atoms with E-state index in [1.54, 1.807) is 0 Å². The lowest BCUT2D eigenvalue weighted by molar-refractivity contribution is -0.125. The molecule has 1 fully saturated rings. The molecule has 2 N–H and O–H groups in total. The highest BCUT2D eigenvalue weighted by Gasteiger charge is 2.20. The van der Waals surface area contributed by atoms with Gasteiger partial charge >= 0.3 is 0 Å². The summed E-state index contributed by atoms with van der Waals surface area (Å²) in [6.07, 6.45) is 6.90. The Hall–Kier alpha value is -3.22. The monoisotopic (exact) mass is 436 g/mol. The molecule has 0 aliphatic heterocycles. The highest BCUT2D eigenvalue weighted by Crippen LogP contribution is 2.23. The molecule has 32 heavy (non-hydrogen) atoms. The molecule has 0 unspecified atom stereocenters. The van der Waals surface area contributed by atoms with Crippen LogP contribution in [0.25, 0.3) is 11.0 Å². The number of hydrogen-bond acceptors (Lipinski definition) is 3. The number of aromatic nitrogens is 2. The number of nitrogens with zero attached hydrogens (tertiary/aromatic N) is 2. The number of imidazole rings is 1. The van der Waals surface area contributed by atoms with E-state index in [0.29, 0.717) is 18.7 Å². The Kier molecular flexibility index (Phi) is 7.14. The van der Waals surface area contributed by atoms with Crippen LogP contribution >= 0.6 is 0 Å². The van der Waals surface area contributed by atoms with E-state index in [0.717, 1.165) is 49.0 Å². The fourth-order valence-corrected chi connectivity index (χ4v) is 4.34. The molecular weight excluding hydrogens is 407 g/mol. The van der Waals surface area contributed by atoms with E-state index in [4.69, 9.17) is 4.98 Å². The van der Waals surface area contributed by atoms with Gasteiger partial charge in [-0.3, -0.25) is 9.59 Å². The van der Waals surface area contributed by atoms with Crippen LogP contribution in [0.2, 0.25) is 0 Å². The summed E-state index contributed by atoms with van der Waals surface area (Å²) in [4.78, 5) is 29.7. The fraction of sp³-hybridized carbons (Fsp3) is 0.400. The van der Waals surface area contributed by atoms with Crippen LogP contribution in [0.1, 0.15) is 44.3 Å². The van der Waals surface area contributed by atoms with Crippen molar-refractivity contribution >= 4 is 28.5 Å². The van der Waals surface area contributed by atoms with Crippen molar-refractivity contribution in [3.8, 4) is 0 Å². The van der Waals surface area contributed by atoms with Crippen LogP contribution in [0.5, 0.6) is 0 Å². The summed E-state index contributed by atoms with van der Waals surface area (Å²) in [5.74, 6) is 0.584. The largest absolute Gasteiger partial charge is 0.356 e. The fourth-order valence-electron chi connectivity index (χ4n) is 4.34.